The maximum absolute atomic E-state index is 9.93. The highest BCUT2D eigenvalue weighted by molar-refractivity contribution is 9.13. The molecule has 0 unspecified atom stereocenters. The van der Waals surface area contributed by atoms with E-state index in [9.17, 15) is 4.89 Å². The normalized spacial score (nSPS) is 10.7. The van der Waals surface area contributed by atoms with Gasteiger partial charge in [0.05, 0.1) is 8.95 Å². The predicted molar refractivity (Wildman–Crippen MR) is 94.1 cm³/mol. The predicted octanol–water partition coefficient (Wildman–Crippen LogP) is 6.41. The zero-order valence-corrected chi connectivity index (χ0v) is 16.9. The van der Waals surface area contributed by atoms with Crippen LogP contribution in [-0.4, -0.2) is 4.89 Å². The number of hydrogen-bond acceptors (Lipinski definition) is 3. The lowest BCUT2D eigenvalue weighted by Crippen LogP contribution is -1.96. The average Bonchev–Trinajstić information content (AvgIpc) is 2.40. The second kappa shape index (κ2) is 7.56. The first kappa shape index (κ1) is 16.7. The fourth-order valence-electron chi connectivity index (χ4n) is 1.30. The van der Waals surface area contributed by atoms with E-state index in [2.05, 4.69) is 63.7 Å². The van der Waals surface area contributed by atoms with Crippen molar-refractivity contribution in [2.75, 3.05) is 0 Å². The van der Waals surface area contributed by atoms with Crippen molar-refractivity contribution in [2.45, 2.75) is 0 Å². The lowest BCUT2D eigenvalue weighted by atomic mass is 10.3. The fraction of sp³-hybridized carbons (Fsp3) is 0. The van der Waals surface area contributed by atoms with E-state index in [1.165, 1.54) is 0 Å². The summed E-state index contributed by atoms with van der Waals surface area (Å²) in [4.78, 5) is 9.93. The SMILES string of the molecule is OP(Oc1cccc(Br)c1Br)Oc1cccc(Br)c1Br. The zero-order valence-electron chi connectivity index (χ0n) is 9.69. The van der Waals surface area contributed by atoms with E-state index in [0.717, 1.165) is 17.9 Å². The Kier molecular flexibility index (Phi) is 6.32. The van der Waals surface area contributed by atoms with Crippen LogP contribution in [0.5, 0.6) is 11.5 Å². The number of halogens is 4. The summed E-state index contributed by atoms with van der Waals surface area (Å²) in [6, 6.07) is 10.8. The molecule has 0 spiro atoms. The summed E-state index contributed by atoms with van der Waals surface area (Å²) >= 11 is 13.5. The number of benzene rings is 2. The molecule has 0 saturated carbocycles. The van der Waals surface area contributed by atoms with Crippen molar-refractivity contribution in [3.05, 3.63) is 54.3 Å². The van der Waals surface area contributed by atoms with E-state index in [1.54, 1.807) is 12.1 Å². The van der Waals surface area contributed by atoms with Gasteiger partial charge in [0.1, 0.15) is 11.5 Å². The molecule has 0 saturated heterocycles. The van der Waals surface area contributed by atoms with Gasteiger partial charge >= 0.3 is 8.60 Å². The molecule has 0 amide bonds. The monoisotopic (exact) mass is 546 g/mol. The molecule has 2 rings (SSSR count). The minimum atomic E-state index is -2.09. The van der Waals surface area contributed by atoms with Crippen molar-refractivity contribution < 1.29 is 13.9 Å². The molecule has 0 aliphatic carbocycles. The smallest absolute Gasteiger partial charge is 0.417 e. The van der Waals surface area contributed by atoms with E-state index >= 15 is 0 Å². The molecule has 0 radical (unpaired) electrons. The Morgan fingerprint density at radius 1 is 0.750 bits per heavy atom. The Morgan fingerprint density at radius 2 is 1.15 bits per heavy atom. The van der Waals surface area contributed by atoms with Crippen LogP contribution in [0.15, 0.2) is 54.3 Å². The Bertz CT molecular complexity index is 570. The van der Waals surface area contributed by atoms with Gasteiger partial charge < -0.3 is 13.9 Å². The first-order valence-corrected chi connectivity index (χ1v) is 9.52. The quantitative estimate of drug-likeness (QED) is 0.448. The molecule has 2 aromatic carbocycles. The van der Waals surface area contributed by atoms with Gasteiger partial charge in [-0.15, -0.1) is 0 Å². The second-order valence-electron chi connectivity index (χ2n) is 3.52. The highest BCUT2D eigenvalue weighted by atomic mass is 79.9. The van der Waals surface area contributed by atoms with Gasteiger partial charge in [-0.05, 0) is 88.0 Å². The molecule has 0 aliphatic rings. The maximum atomic E-state index is 9.93. The molecule has 2 aromatic rings. The molecule has 0 bridgehead atoms. The largest absolute Gasteiger partial charge is 0.460 e. The minimum Gasteiger partial charge on any atom is -0.417 e. The van der Waals surface area contributed by atoms with E-state index in [1.807, 2.05) is 24.3 Å². The Hall–Kier alpha value is 0.350. The van der Waals surface area contributed by atoms with Crippen molar-refractivity contribution >= 4 is 72.3 Å². The lowest BCUT2D eigenvalue weighted by molar-refractivity contribution is 0.379. The molecule has 20 heavy (non-hydrogen) atoms. The zero-order chi connectivity index (χ0) is 14.7. The molecule has 0 heterocycles. The second-order valence-corrected chi connectivity index (χ2v) is 7.66. The Morgan fingerprint density at radius 3 is 1.55 bits per heavy atom. The standard InChI is InChI=1S/C12H7Br4O3P/c13-7-3-1-5-9(11(7)15)18-20(17)19-10-6-2-4-8(14)12(10)16/h1-6,17H. The van der Waals surface area contributed by atoms with Crippen LogP contribution >= 0.6 is 72.3 Å². The third-order valence-electron chi connectivity index (χ3n) is 2.19. The summed E-state index contributed by atoms with van der Waals surface area (Å²) in [6.07, 6.45) is 0. The van der Waals surface area contributed by atoms with Crippen LogP contribution in [0, 0.1) is 0 Å². The van der Waals surface area contributed by atoms with Gasteiger partial charge in [-0.2, -0.15) is 0 Å². The van der Waals surface area contributed by atoms with Crippen LogP contribution in [0.25, 0.3) is 0 Å². The minimum absolute atomic E-state index is 0.499. The summed E-state index contributed by atoms with van der Waals surface area (Å²) in [7, 11) is -2.09. The molecule has 0 atom stereocenters. The maximum Gasteiger partial charge on any atom is 0.460 e. The molecule has 0 fully saturated rings. The van der Waals surface area contributed by atoms with Crippen LogP contribution in [-0.2, 0) is 0 Å². The molecule has 0 aliphatic heterocycles. The van der Waals surface area contributed by atoms with E-state index in [-0.39, 0.29) is 0 Å². The fourth-order valence-corrected chi connectivity index (χ4v) is 3.61. The van der Waals surface area contributed by atoms with Crippen molar-refractivity contribution in [3.63, 3.8) is 0 Å². The van der Waals surface area contributed by atoms with E-state index in [4.69, 9.17) is 9.05 Å². The van der Waals surface area contributed by atoms with Crippen LogP contribution in [0.3, 0.4) is 0 Å². The molecular formula is C12H7Br4O3P. The first-order valence-electron chi connectivity index (χ1n) is 5.22. The van der Waals surface area contributed by atoms with Crippen molar-refractivity contribution in [1.82, 2.24) is 0 Å². The average molecular weight is 550 g/mol. The summed E-state index contributed by atoms with van der Waals surface area (Å²) in [5.74, 6) is 0.998. The highest BCUT2D eigenvalue weighted by Crippen LogP contribution is 2.44. The van der Waals surface area contributed by atoms with E-state index < -0.39 is 8.60 Å². The van der Waals surface area contributed by atoms with Gasteiger partial charge in [0.15, 0.2) is 0 Å². The summed E-state index contributed by atoms with van der Waals surface area (Å²) in [5, 5.41) is 0. The Labute approximate surface area is 151 Å². The third-order valence-corrected chi connectivity index (χ3v) is 6.91. The van der Waals surface area contributed by atoms with Gasteiger partial charge in [-0.1, -0.05) is 12.1 Å². The van der Waals surface area contributed by atoms with Crippen molar-refractivity contribution in [2.24, 2.45) is 0 Å². The highest BCUT2D eigenvalue weighted by Gasteiger charge is 2.16. The summed E-state index contributed by atoms with van der Waals surface area (Å²) < 4.78 is 13.9. The molecular weight excluding hydrogens is 543 g/mol. The van der Waals surface area contributed by atoms with Crippen LogP contribution in [0.2, 0.25) is 0 Å². The van der Waals surface area contributed by atoms with Crippen molar-refractivity contribution in [1.29, 1.82) is 0 Å². The number of hydrogen-bond donors (Lipinski definition) is 1. The van der Waals surface area contributed by atoms with Gasteiger partial charge in [0.25, 0.3) is 0 Å². The van der Waals surface area contributed by atoms with Crippen LogP contribution < -0.4 is 9.05 Å². The topological polar surface area (TPSA) is 38.7 Å². The molecule has 1 N–H and O–H groups in total. The lowest BCUT2D eigenvalue weighted by Gasteiger charge is -2.15. The third kappa shape index (κ3) is 4.18. The van der Waals surface area contributed by atoms with Gasteiger partial charge in [0.2, 0.25) is 0 Å². The van der Waals surface area contributed by atoms with Crippen molar-refractivity contribution in [3.8, 4) is 11.5 Å². The molecule has 106 valence electrons. The molecule has 8 heteroatoms. The molecule has 0 aromatic heterocycles. The van der Waals surface area contributed by atoms with Gasteiger partial charge in [-0.3, -0.25) is 0 Å². The Balaban J connectivity index is 2.11. The van der Waals surface area contributed by atoms with Crippen LogP contribution in [0.4, 0.5) is 0 Å². The number of rotatable bonds is 4. The van der Waals surface area contributed by atoms with Crippen LogP contribution in [0.1, 0.15) is 0 Å². The van der Waals surface area contributed by atoms with Gasteiger partial charge in [-0.25, -0.2) is 0 Å². The first-order chi connectivity index (χ1) is 9.49. The van der Waals surface area contributed by atoms with Gasteiger partial charge in [0, 0.05) is 8.95 Å². The van der Waals surface area contributed by atoms with E-state index in [0.29, 0.717) is 11.5 Å². The summed E-state index contributed by atoms with van der Waals surface area (Å²) in [5.41, 5.74) is 0. The molecule has 3 nitrogen and oxygen atoms in total. The summed E-state index contributed by atoms with van der Waals surface area (Å²) in [6.45, 7) is 0.